The predicted molar refractivity (Wildman–Crippen MR) is 71.2 cm³/mol. The zero-order valence-electron chi connectivity index (χ0n) is 9.25. The topological polar surface area (TPSA) is 33.2 Å². The van der Waals surface area contributed by atoms with E-state index in [2.05, 4.69) is 4.98 Å². The molecule has 3 nitrogen and oxygen atoms in total. The van der Waals surface area contributed by atoms with Gasteiger partial charge in [-0.1, -0.05) is 12.1 Å². The highest BCUT2D eigenvalue weighted by Gasteiger charge is 2.35. The molecule has 0 spiro atoms. The summed E-state index contributed by atoms with van der Waals surface area (Å²) in [7, 11) is 0. The molecule has 1 unspecified atom stereocenters. The van der Waals surface area contributed by atoms with Crippen LogP contribution in [-0.2, 0) is 4.79 Å². The maximum atomic E-state index is 12.9. The van der Waals surface area contributed by atoms with Gasteiger partial charge < -0.3 is 0 Å². The van der Waals surface area contributed by atoms with Crippen LogP contribution in [-0.4, -0.2) is 16.6 Å². The number of hydrogen-bond acceptors (Lipinski definition) is 4. The minimum Gasteiger partial charge on any atom is -0.273 e. The van der Waals surface area contributed by atoms with Gasteiger partial charge in [0, 0.05) is 11.6 Å². The quantitative estimate of drug-likeness (QED) is 0.847. The van der Waals surface area contributed by atoms with E-state index in [-0.39, 0.29) is 17.1 Å². The van der Waals surface area contributed by atoms with Crippen molar-refractivity contribution in [1.82, 2.24) is 4.98 Å². The first-order chi connectivity index (χ1) is 8.75. The second-order valence-electron chi connectivity index (χ2n) is 3.79. The van der Waals surface area contributed by atoms with Gasteiger partial charge >= 0.3 is 0 Å². The van der Waals surface area contributed by atoms with Crippen molar-refractivity contribution in [2.24, 2.45) is 0 Å². The minimum absolute atomic E-state index is 0.0456. The molecular formula is C12H9FN2OS2. The number of hydrogen-bond donors (Lipinski definition) is 0. The first kappa shape index (κ1) is 11.7. The maximum Gasteiger partial charge on any atom is 0.240 e. The first-order valence-corrected chi connectivity index (χ1v) is 7.27. The lowest BCUT2D eigenvalue weighted by molar-refractivity contribution is -0.115. The molecule has 1 aromatic heterocycles. The van der Waals surface area contributed by atoms with Gasteiger partial charge in [0.2, 0.25) is 5.91 Å². The second kappa shape index (κ2) is 4.70. The number of carbonyl (C=O) groups is 1. The van der Waals surface area contributed by atoms with Crippen LogP contribution in [0.1, 0.15) is 10.9 Å². The van der Waals surface area contributed by atoms with E-state index in [4.69, 9.17) is 0 Å². The Morgan fingerprint density at radius 3 is 2.78 bits per heavy atom. The smallest absolute Gasteiger partial charge is 0.240 e. The van der Waals surface area contributed by atoms with Crippen LogP contribution >= 0.6 is 23.1 Å². The summed E-state index contributed by atoms with van der Waals surface area (Å²) in [4.78, 5) is 17.8. The van der Waals surface area contributed by atoms with E-state index in [0.29, 0.717) is 10.9 Å². The van der Waals surface area contributed by atoms with Crippen LogP contribution in [0.15, 0.2) is 35.8 Å². The van der Waals surface area contributed by atoms with Crippen LogP contribution in [0.4, 0.5) is 9.52 Å². The molecule has 2 heterocycles. The molecular weight excluding hydrogens is 271 g/mol. The van der Waals surface area contributed by atoms with Gasteiger partial charge in [0.25, 0.3) is 0 Å². The molecule has 1 saturated heterocycles. The molecule has 1 fully saturated rings. The molecule has 1 aliphatic rings. The van der Waals surface area contributed by atoms with Gasteiger partial charge in [0.1, 0.15) is 11.2 Å². The van der Waals surface area contributed by atoms with Crippen LogP contribution in [0.5, 0.6) is 0 Å². The number of thiazole rings is 1. The lowest BCUT2D eigenvalue weighted by atomic mass is 10.2. The van der Waals surface area contributed by atoms with E-state index in [9.17, 15) is 9.18 Å². The van der Waals surface area contributed by atoms with E-state index < -0.39 is 0 Å². The molecule has 6 heteroatoms. The second-order valence-corrected chi connectivity index (χ2v) is 5.73. The Bertz CT molecular complexity index is 556. The fraction of sp³-hybridized carbons (Fsp3) is 0.167. The highest BCUT2D eigenvalue weighted by Crippen LogP contribution is 2.42. The Hall–Kier alpha value is -1.40. The van der Waals surface area contributed by atoms with Crippen molar-refractivity contribution >= 4 is 34.1 Å². The number of aromatic nitrogens is 1. The Kier molecular flexibility index (Phi) is 3.05. The minimum atomic E-state index is -0.270. The molecule has 92 valence electrons. The highest BCUT2D eigenvalue weighted by molar-refractivity contribution is 8.00. The van der Waals surface area contributed by atoms with E-state index in [0.717, 1.165) is 5.56 Å². The van der Waals surface area contributed by atoms with Crippen LogP contribution in [0.2, 0.25) is 0 Å². The van der Waals surface area contributed by atoms with Crippen molar-refractivity contribution in [3.05, 3.63) is 47.2 Å². The molecule has 2 aromatic rings. The van der Waals surface area contributed by atoms with Gasteiger partial charge in [-0.2, -0.15) is 0 Å². The van der Waals surface area contributed by atoms with Crippen molar-refractivity contribution in [1.29, 1.82) is 0 Å². The van der Waals surface area contributed by atoms with Crippen molar-refractivity contribution in [3.8, 4) is 0 Å². The fourth-order valence-corrected chi connectivity index (χ4v) is 3.75. The molecule has 1 atom stereocenters. The number of amides is 1. The summed E-state index contributed by atoms with van der Waals surface area (Å²) in [5.74, 6) is 0.208. The summed E-state index contributed by atoms with van der Waals surface area (Å²) < 4.78 is 12.9. The third-order valence-corrected chi connectivity index (χ3v) is 4.63. The number of anilines is 1. The first-order valence-electron chi connectivity index (χ1n) is 5.34. The van der Waals surface area contributed by atoms with Crippen molar-refractivity contribution < 1.29 is 9.18 Å². The zero-order valence-corrected chi connectivity index (χ0v) is 10.9. The Labute approximate surface area is 112 Å². The molecule has 0 saturated carbocycles. The standard InChI is InChI=1S/C12H9FN2OS2/c13-9-3-1-8(2-4-9)11-15(10(16)7-18-11)12-14-5-6-17-12/h1-6,11H,7H2. The van der Waals surface area contributed by atoms with Crippen molar-refractivity contribution in [2.45, 2.75) is 5.37 Å². The third kappa shape index (κ3) is 2.02. The van der Waals surface area contributed by atoms with E-state index >= 15 is 0 Å². The highest BCUT2D eigenvalue weighted by atomic mass is 32.2. The van der Waals surface area contributed by atoms with E-state index in [1.807, 2.05) is 5.38 Å². The molecule has 0 radical (unpaired) electrons. The fourth-order valence-electron chi connectivity index (χ4n) is 1.84. The lowest BCUT2D eigenvalue weighted by Gasteiger charge is -2.21. The molecule has 1 amide bonds. The lowest BCUT2D eigenvalue weighted by Crippen LogP contribution is -2.27. The van der Waals surface area contributed by atoms with Crippen molar-refractivity contribution in [3.63, 3.8) is 0 Å². The summed E-state index contributed by atoms with van der Waals surface area (Å²) in [5.41, 5.74) is 0.919. The predicted octanol–water partition coefficient (Wildman–Crippen LogP) is 3.06. The van der Waals surface area contributed by atoms with Gasteiger partial charge in [-0.15, -0.1) is 23.1 Å². The summed E-state index contributed by atoms with van der Waals surface area (Å²) >= 11 is 2.97. The molecule has 0 aliphatic carbocycles. The van der Waals surface area contributed by atoms with Gasteiger partial charge in [-0.25, -0.2) is 9.37 Å². The van der Waals surface area contributed by atoms with E-state index in [1.54, 1.807) is 23.2 Å². The third-order valence-electron chi connectivity index (χ3n) is 2.65. The van der Waals surface area contributed by atoms with Gasteiger partial charge in [-0.05, 0) is 17.7 Å². The average Bonchev–Trinajstić information content (AvgIpc) is 2.99. The summed E-state index contributed by atoms with van der Waals surface area (Å²) in [6.45, 7) is 0. The summed E-state index contributed by atoms with van der Waals surface area (Å²) in [6.07, 6.45) is 1.68. The Morgan fingerprint density at radius 2 is 2.11 bits per heavy atom. The zero-order chi connectivity index (χ0) is 12.5. The number of halogens is 1. The van der Waals surface area contributed by atoms with Gasteiger partial charge in [0.05, 0.1) is 5.75 Å². The van der Waals surface area contributed by atoms with Crippen LogP contribution in [0.25, 0.3) is 0 Å². The normalized spacial score (nSPS) is 19.5. The van der Waals surface area contributed by atoms with Crippen molar-refractivity contribution in [2.75, 3.05) is 10.7 Å². The molecule has 1 aliphatic heterocycles. The average molecular weight is 280 g/mol. The SMILES string of the molecule is O=C1CSC(c2ccc(F)cc2)N1c1nccs1. The Balaban J connectivity index is 1.96. The number of benzene rings is 1. The van der Waals surface area contributed by atoms with Crippen LogP contribution in [0, 0.1) is 5.82 Å². The van der Waals surface area contributed by atoms with Gasteiger partial charge in [0.15, 0.2) is 5.13 Å². The largest absolute Gasteiger partial charge is 0.273 e. The number of carbonyl (C=O) groups excluding carboxylic acids is 1. The maximum absolute atomic E-state index is 12.9. The summed E-state index contributed by atoms with van der Waals surface area (Å²) in [5, 5.41) is 2.43. The number of nitrogens with zero attached hydrogens (tertiary/aromatic N) is 2. The molecule has 1 aromatic carbocycles. The van der Waals surface area contributed by atoms with Crippen LogP contribution in [0.3, 0.4) is 0 Å². The molecule has 0 N–H and O–H groups in total. The monoisotopic (exact) mass is 280 g/mol. The Morgan fingerprint density at radius 1 is 1.33 bits per heavy atom. The molecule has 18 heavy (non-hydrogen) atoms. The summed E-state index contributed by atoms with van der Waals surface area (Å²) in [6, 6.07) is 6.26. The molecule has 0 bridgehead atoms. The molecule has 3 rings (SSSR count). The number of thioether (sulfide) groups is 1. The number of rotatable bonds is 2. The van der Waals surface area contributed by atoms with Gasteiger partial charge in [-0.3, -0.25) is 9.69 Å². The van der Waals surface area contributed by atoms with E-state index in [1.165, 1.54) is 35.2 Å². The van der Waals surface area contributed by atoms with Crippen LogP contribution < -0.4 is 4.90 Å².